The molecule has 0 amide bonds. The highest BCUT2D eigenvalue weighted by atomic mass is 16.5. The van der Waals surface area contributed by atoms with Gasteiger partial charge < -0.3 is 25.3 Å². The molecule has 4 N–H and O–H groups in total. The van der Waals surface area contributed by atoms with Gasteiger partial charge in [-0.3, -0.25) is 0 Å². The van der Waals surface area contributed by atoms with Gasteiger partial charge in [0.2, 0.25) is 5.95 Å². The maximum atomic E-state index is 6.03. The Morgan fingerprint density at radius 1 is 0.811 bits per heavy atom. The minimum atomic E-state index is 0.552. The zero-order chi connectivity index (χ0) is 24.9. The van der Waals surface area contributed by atoms with E-state index in [0.717, 1.165) is 41.1 Å². The fourth-order valence-electron chi connectivity index (χ4n) is 4.45. The van der Waals surface area contributed by atoms with Gasteiger partial charge in [0.25, 0.3) is 0 Å². The lowest BCUT2D eigenvalue weighted by atomic mass is 10.1. The Labute approximate surface area is 214 Å². The molecule has 6 rings (SSSR count). The molecular weight excluding hydrogens is 460 g/mol. The van der Waals surface area contributed by atoms with Crippen molar-refractivity contribution in [2.75, 3.05) is 17.2 Å². The molecule has 0 spiro atoms. The largest absolute Gasteiger partial charge is 0.489 e. The number of aromatic amines is 2. The van der Waals surface area contributed by atoms with E-state index in [1.165, 1.54) is 21.9 Å². The van der Waals surface area contributed by atoms with Crippen LogP contribution >= 0.6 is 0 Å². The standard InChI is InChI=1S/C30H28N6O/c1-2-4-21(5-3-1)20-37-25-7-9-28-26(17-25)24(19-34-28)11-14-32-30-33-15-12-29(36-30)35-18-22-6-8-27-23(16-22)10-13-31-27/h1-10,12-13,15-17,19,31,34H,11,14,18,20H2,(H2,32,33,35,36). The molecule has 0 saturated heterocycles. The van der Waals surface area contributed by atoms with Gasteiger partial charge in [0.1, 0.15) is 18.2 Å². The van der Waals surface area contributed by atoms with E-state index >= 15 is 0 Å². The number of fused-ring (bicyclic) bond motifs is 2. The normalized spacial score (nSPS) is 11.1. The van der Waals surface area contributed by atoms with Crippen LogP contribution in [0.4, 0.5) is 11.8 Å². The van der Waals surface area contributed by atoms with Crippen molar-refractivity contribution < 1.29 is 4.74 Å². The summed E-state index contributed by atoms with van der Waals surface area (Å²) in [5.41, 5.74) is 5.82. The van der Waals surface area contributed by atoms with E-state index in [4.69, 9.17) is 4.74 Å². The first kappa shape index (κ1) is 22.7. The highest BCUT2D eigenvalue weighted by Gasteiger charge is 2.07. The van der Waals surface area contributed by atoms with Gasteiger partial charge in [-0.05, 0) is 71.0 Å². The number of benzene rings is 3. The van der Waals surface area contributed by atoms with Crippen LogP contribution in [0, 0.1) is 0 Å². The molecule has 0 saturated carbocycles. The summed E-state index contributed by atoms with van der Waals surface area (Å²) >= 11 is 0. The van der Waals surface area contributed by atoms with E-state index in [1.54, 1.807) is 6.20 Å². The van der Waals surface area contributed by atoms with E-state index in [1.807, 2.05) is 36.5 Å². The van der Waals surface area contributed by atoms with Gasteiger partial charge in [0.15, 0.2) is 0 Å². The molecule has 7 nitrogen and oxygen atoms in total. The summed E-state index contributed by atoms with van der Waals surface area (Å²) in [5, 5.41) is 9.13. The van der Waals surface area contributed by atoms with E-state index < -0.39 is 0 Å². The Morgan fingerprint density at radius 3 is 2.68 bits per heavy atom. The van der Waals surface area contributed by atoms with Crippen molar-refractivity contribution in [1.29, 1.82) is 0 Å². The Morgan fingerprint density at radius 2 is 1.73 bits per heavy atom. The summed E-state index contributed by atoms with van der Waals surface area (Å²) < 4.78 is 6.03. The molecule has 37 heavy (non-hydrogen) atoms. The molecule has 0 fully saturated rings. The number of hydrogen-bond donors (Lipinski definition) is 4. The minimum absolute atomic E-state index is 0.552. The number of hydrogen-bond acceptors (Lipinski definition) is 5. The van der Waals surface area contributed by atoms with Gasteiger partial charge in [0, 0.05) is 48.1 Å². The zero-order valence-electron chi connectivity index (χ0n) is 20.4. The molecule has 0 atom stereocenters. The topological polar surface area (TPSA) is 90.6 Å². The van der Waals surface area contributed by atoms with Crippen molar-refractivity contribution in [2.24, 2.45) is 0 Å². The lowest BCUT2D eigenvalue weighted by molar-refractivity contribution is 0.306. The second-order valence-electron chi connectivity index (χ2n) is 8.99. The average Bonchev–Trinajstić information content (AvgIpc) is 3.58. The molecule has 3 aromatic carbocycles. The molecule has 184 valence electrons. The van der Waals surface area contributed by atoms with Crippen molar-refractivity contribution in [2.45, 2.75) is 19.6 Å². The number of rotatable bonds is 10. The third kappa shape index (κ3) is 5.41. The number of aromatic nitrogens is 4. The molecular formula is C30H28N6O. The molecule has 0 bridgehead atoms. The Balaban J connectivity index is 1.05. The van der Waals surface area contributed by atoms with Crippen LogP contribution in [0.15, 0.2) is 97.5 Å². The maximum absolute atomic E-state index is 6.03. The predicted molar refractivity (Wildman–Crippen MR) is 149 cm³/mol. The monoisotopic (exact) mass is 488 g/mol. The number of nitrogens with one attached hydrogen (secondary N) is 4. The Bertz CT molecular complexity index is 1620. The van der Waals surface area contributed by atoms with Crippen LogP contribution in [0.3, 0.4) is 0 Å². The van der Waals surface area contributed by atoms with Gasteiger partial charge in [-0.1, -0.05) is 36.4 Å². The molecule has 3 aromatic heterocycles. The van der Waals surface area contributed by atoms with Crippen LogP contribution in [-0.4, -0.2) is 26.5 Å². The highest BCUT2D eigenvalue weighted by Crippen LogP contribution is 2.25. The predicted octanol–water partition coefficient (Wildman–Crippen LogP) is 6.28. The minimum Gasteiger partial charge on any atom is -0.489 e. The van der Waals surface area contributed by atoms with Crippen molar-refractivity contribution in [1.82, 2.24) is 19.9 Å². The number of anilines is 2. The molecule has 0 aliphatic heterocycles. The third-order valence-corrected chi connectivity index (χ3v) is 6.41. The van der Waals surface area contributed by atoms with E-state index in [9.17, 15) is 0 Å². The fourth-order valence-corrected chi connectivity index (χ4v) is 4.45. The van der Waals surface area contributed by atoms with Crippen molar-refractivity contribution >= 4 is 33.6 Å². The highest BCUT2D eigenvalue weighted by molar-refractivity contribution is 5.84. The quantitative estimate of drug-likeness (QED) is 0.182. The SMILES string of the molecule is c1ccc(COc2ccc3[nH]cc(CCNc4nccc(NCc5ccc6[nH]ccc6c5)n4)c3c2)cc1. The molecule has 7 heteroatoms. The first-order valence-electron chi connectivity index (χ1n) is 12.4. The zero-order valence-corrected chi connectivity index (χ0v) is 20.4. The molecule has 0 aliphatic rings. The second-order valence-corrected chi connectivity index (χ2v) is 8.99. The summed E-state index contributed by atoms with van der Waals surface area (Å²) in [7, 11) is 0. The molecule has 6 aromatic rings. The van der Waals surface area contributed by atoms with Crippen molar-refractivity contribution in [3.8, 4) is 5.75 Å². The Hall–Kier alpha value is -4.78. The maximum Gasteiger partial charge on any atom is 0.224 e. The summed E-state index contributed by atoms with van der Waals surface area (Å²) in [5.74, 6) is 2.26. The average molecular weight is 489 g/mol. The smallest absolute Gasteiger partial charge is 0.224 e. The second kappa shape index (κ2) is 10.5. The molecule has 0 radical (unpaired) electrons. The first-order chi connectivity index (χ1) is 18.3. The fraction of sp³-hybridized carbons (Fsp3) is 0.133. The summed E-state index contributed by atoms with van der Waals surface area (Å²) in [4.78, 5) is 15.6. The molecule has 0 unspecified atom stereocenters. The van der Waals surface area contributed by atoms with Gasteiger partial charge in [-0.15, -0.1) is 0 Å². The van der Waals surface area contributed by atoms with Crippen molar-refractivity contribution in [3.05, 3.63) is 114 Å². The van der Waals surface area contributed by atoms with E-state index in [-0.39, 0.29) is 0 Å². The Kier molecular flexibility index (Phi) is 6.41. The van der Waals surface area contributed by atoms with Gasteiger partial charge in [-0.2, -0.15) is 4.98 Å². The molecule has 3 heterocycles. The van der Waals surface area contributed by atoms with Crippen LogP contribution in [0.1, 0.15) is 16.7 Å². The first-order valence-corrected chi connectivity index (χ1v) is 12.4. The number of nitrogens with zero attached hydrogens (tertiary/aromatic N) is 2. The molecule has 0 aliphatic carbocycles. The van der Waals surface area contributed by atoms with E-state index in [0.29, 0.717) is 19.1 Å². The van der Waals surface area contributed by atoms with Crippen LogP contribution < -0.4 is 15.4 Å². The third-order valence-electron chi connectivity index (χ3n) is 6.41. The van der Waals surface area contributed by atoms with Gasteiger partial charge in [0.05, 0.1) is 0 Å². The van der Waals surface area contributed by atoms with Crippen LogP contribution in [0.5, 0.6) is 5.75 Å². The van der Waals surface area contributed by atoms with Crippen LogP contribution in [-0.2, 0) is 19.6 Å². The summed E-state index contributed by atoms with van der Waals surface area (Å²) in [6.45, 7) is 1.97. The van der Waals surface area contributed by atoms with E-state index in [2.05, 4.69) is 85.3 Å². The lowest BCUT2D eigenvalue weighted by Crippen LogP contribution is -2.09. The van der Waals surface area contributed by atoms with Crippen molar-refractivity contribution in [3.63, 3.8) is 0 Å². The van der Waals surface area contributed by atoms with Gasteiger partial charge >= 0.3 is 0 Å². The van der Waals surface area contributed by atoms with Crippen LogP contribution in [0.2, 0.25) is 0 Å². The summed E-state index contributed by atoms with van der Waals surface area (Å²) in [6.07, 6.45) is 6.63. The number of ether oxygens (including phenoxy) is 1. The summed E-state index contributed by atoms with van der Waals surface area (Å²) in [6, 6.07) is 26.7. The lowest BCUT2D eigenvalue weighted by Gasteiger charge is -2.09. The van der Waals surface area contributed by atoms with Gasteiger partial charge in [-0.25, -0.2) is 4.98 Å². The number of H-pyrrole nitrogens is 2. The van der Waals surface area contributed by atoms with Crippen LogP contribution in [0.25, 0.3) is 21.8 Å².